The molecule has 0 aliphatic carbocycles. The summed E-state index contributed by atoms with van der Waals surface area (Å²) < 4.78 is 65.6. The number of amides is 2. The highest BCUT2D eigenvalue weighted by atomic mass is 19.4. The van der Waals surface area contributed by atoms with Crippen LogP contribution in [0.4, 0.5) is 33.7 Å². The first-order chi connectivity index (χ1) is 13.8. The topological polar surface area (TPSA) is 59.6 Å². The lowest BCUT2D eigenvalue weighted by molar-refractivity contribution is -0.136. The summed E-state index contributed by atoms with van der Waals surface area (Å²) in [5, 5.41) is 4.76. The molecule has 10 heteroatoms. The first-order valence-electron chi connectivity index (χ1n) is 9.19. The number of hydrogen-bond acceptors (Lipinski definition) is 3. The van der Waals surface area contributed by atoms with Gasteiger partial charge in [0.2, 0.25) is 0 Å². The zero-order valence-electron chi connectivity index (χ0n) is 16.9. The van der Waals surface area contributed by atoms with E-state index in [1.807, 2.05) is 0 Å². The van der Waals surface area contributed by atoms with E-state index in [4.69, 9.17) is 9.31 Å². The van der Waals surface area contributed by atoms with Crippen molar-refractivity contribution >= 4 is 30.0 Å². The van der Waals surface area contributed by atoms with Crippen LogP contribution in [0.25, 0.3) is 0 Å². The molecule has 0 aromatic heterocycles. The summed E-state index contributed by atoms with van der Waals surface area (Å²) in [4.78, 5) is 12.1. The maximum absolute atomic E-state index is 13.7. The Kier molecular flexibility index (Phi) is 5.59. The first kappa shape index (κ1) is 22.1. The Labute approximate surface area is 171 Å². The average molecular weight is 424 g/mol. The van der Waals surface area contributed by atoms with Crippen molar-refractivity contribution < 1.29 is 31.7 Å². The molecule has 1 aliphatic rings. The van der Waals surface area contributed by atoms with Crippen molar-refractivity contribution in [2.24, 2.45) is 0 Å². The van der Waals surface area contributed by atoms with E-state index < -0.39 is 41.9 Å². The van der Waals surface area contributed by atoms with Crippen LogP contribution < -0.4 is 16.1 Å². The van der Waals surface area contributed by atoms with Crippen molar-refractivity contribution in [1.82, 2.24) is 0 Å². The lowest BCUT2D eigenvalue weighted by Crippen LogP contribution is -2.41. The highest BCUT2D eigenvalue weighted by molar-refractivity contribution is 6.62. The van der Waals surface area contributed by atoms with Crippen molar-refractivity contribution in [3.05, 3.63) is 53.8 Å². The molecule has 1 aliphatic heterocycles. The summed E-state index contributed by atoms with van der Waals surface area (Å²) in [6.45, 7) is 6.98. The molecule has 3 rings (SSSR count). The molecule has 0 atom stereocenters. The highest BCUT2D eigenvalue weighted by Gasteiger charge is 2.53. The van der Waals surface area contributed by atoms with Crippen LogP contribution in [0.2, 0.25) is 0 Å². The van der Waals surface area contributed by atoms with E-state index in [1.54, 1.807) is 27.7 Å². The minimum Gasteiger partial charge on any atom is -0.399 e. The number of carbonyl (C=O) groups excluding carboxylic acids is 1. The van der Waals surface area contributed by atoms with Gasteiger partial charge < -0.3 is 19.9 Å². The van der Waals surface area contributed by atoms with Gasteiger partial charge in [-0.25, -0.2) is 9.18 Å². The number of anilines is 2. The fraction of sp³-hybridized carbons (Fsp3) is 0.350. The summed E-state index contributed by atoms with van der Waals surface area (Å²) in [6.07, 6.45) is -4.69. The van der Waals surface area contributed by atoms with Crippen LogP contribution in [0.1, 0.15) is 33.3 Å². The molecule has 5 nitrogen and oxygen atoms in total. The Morgan fingerprint density at radius 2 is 1.40 bits per heavy atom. The molecule has 0 saturated carbocycles. The molecule has 1 saturated heterocycles. The monoisotopic (exact) mass is 424 g/mol. The second-order valence-electron chi connectivity index (χ2n) is 7.97. The Bertz CT molecular complexity index is 930. The average Bonchev–Trinajstić information content (AvgIpc) is 2.83. The smallest absolute Gasteiger partial charge is 0.399 e. The van der Waals surface area contributed by atoms with E-state index in [-0.39, 0.29) is 11.2 Å². The summed E-state index contributed by atoms with van der Waals surface area (Å²) in [5.41, 5.74) is -2.52. The molecule has 0 radical (unpaired) electrons. The predicted molar refractivity (Wildman–Crippen MR) is 106 cm³/mol. The van der Waals surface area contributed by atoms with E-state index in [1.165, 1.54) is 24.3 Å². The minimum atomic E-state index is -4.69. The molecule has 0 spiro atoms. The third-order valence-electron chi connectivity index (χ3n) is 5.23. The van der Waals surface area contributed by atoms with Gasteiger partial charge in [-0.1, -0.05) is 6.07 Å². The van der Waals surface area contributed by atoms with E-state index in [0.29, 0.717) is 5.69 Å². The molecule has 160 valence electrons. The molecular weight excluding hydrogens is 403 g/mol. The van der Waals surface area contributed by atoms with Crippen molar-refractivity contribution in [2.75, 3.05) is 10.6 Å². The van der Waals surface area contributed by atoms with Crippen LogP contribution in [0.3, 0.4) is 0 Å². The third kappa shape index (κ3) is 4.60. The Morgan fingerprint density at radius 1 is 0.900 bits per heavy atom. The number of nitrogens with one attached hydrogen (secondary N) is 2. The lowest BCUT2D eigenvalue weighted by atomic mass is 9.75. The van der Waals surface area contributed by atoms with Gasteiger partial charge in [-0.15, -0.1) is 0 Å². The molecule has 2 amide bonds. The van der Waals surface area contributed by atoms with Gasteiger partial charge >= 0.3 is 19.3 Å². The summed E-state index contributed by atoms with van der Waals surface area (Å²) >= 11 is 0. The quantitative estimate of drug-likeness (QED) is 0.551. The number of carbonyl (C=O) groups is 1. The van der Waals surface area contributed by atoms with Crippen LogP contribution >= 0.6 is 0 Å². The number of alkyl halides is 3. The number of halogens is 4. The molecule has 2 aromatic carbocycles. The van der Waals surface area contributed by atoms with E-state index in [9.17, 15) is 22.4 Å². The maximum atomic E-state index is 13.7. The summed E-state index contributed by atoms with van der Waals surface area (Å²) in [7, 11) is -1.20. The Morgan fingerprint density at radius 3 is 1.93 bits per heavy atom. The van der Waals surface area contributed by atoms with Crippen molar-refractivity contribution in [3.8, 4) is 0 Å². The van der Waals surface area contributed by atoms with Gasteiger partial charge in [-0.2, -0.15) is 13.2 Å². The minimum absolute atomic E-state index is 0.0674. The highest BCUT2D eigenvalue weighted by Crippen LogP contribution is 2.38. The van der Waals surface area contributed by atoms with Crippen LogP contribution in [0.5, 0.6) is 0 Å². The number of hydrogen-bond donors (Lipinski definition) is 2. The second-order valence-corrected chi connectivity index (χ2v) is 7.97. The molecule has 30 heavy (non-hydrogen) atoms. The van der Waals surface area contributed by atoms with Crippen LogP contribution in [0, 0.1) is 5.82 Å². The van der Waals surface area contributed by atoms with Crippen molar-refractivity contribution in [2.45, 2.75) is 45.1 Å². The maximum Gasteiger partial charge on any atom is 0.495 e. The zero-order chi connectivity index (χ0) is 22.3. The second kappa shape index (κ2) is 7.59. The van der Waals surface area contributed by atoms with Gasteiger partial charge in [-0.05, 0) is 69.6 Å². The zero-order valence-corrected chi connectivity index (χ0v) is 16.9. The molecule has 0 bridgehead atoms. The molecule has 0 unspecified atom stereocenters. The van der Waals surface area contributed by atoms with E-state index in [2.05, 4.69) is 10.6 Å². The number of benzene rings is 2. The van der Waals surface area contributed by atoms with Crippen LogP contribution in [-0.4, -0.2) is 24.4 Å². The molecule has 2 N–H and O–H groups in total. The van der Waals surface area contributed by atoms with Crippen LogP contribution in [0.15, 0.2) is 42.5 Å². The third-order valence-corrected chi connectivity index (χ3v) is 5.23. The van der Waals surface area contributed by atoms with E-state index in [0.717, 1.165) is 18.2 Å². The van der Waals surface area contributed by atoms with Crippen molar-refractivity contribution in [3.63, 3.8) is 0 Å². The fourth-order valence-corrected chi connectivity index (χ4v) is 2.88. The van der Waals surface area contributed by atoms with Gasteiger partial charge in [0.25, 0.3) is 0 Å². The van der Waals surface area contributed by atoms with Gasteiger partial charge in [-0.3, -0.25) is 0 Å². The standard InChI is InChI=1S/C20H21BF4N2O3/c1-18(2)19(3,4)30-21(29-18)16-10-9-14(11-15(16)20(23,24)25)27-17(28)26-13-7-5-12(22)6-8-13/h5-11H,1-4H3,(H2,26,27,28). The number of rotatable bonds is 3. The molecule has 1 heterocycles. The molecule has 2 aromatic rings. The van der Waals surface area contributed by atoms with Gasteiger partial charge in [0.05, 0.1) is 16.8 Å². The molecule has 1 fully saturated rings. The summed E-state index contributed by atoms with van der Waals surface area (Å²) in [5.74, 6) is -0.478. The Balaban J connectivity index is 1.83. The first-order valence-corrected chi connectivity index (χ1v) is 9.19. The SMILES string of the molecule is CC1(C)OB(c2ccc(NC(=O)Nc3ccc(F)cc3)cc2C(F)(F)F)OC1(C)C. The largest absolute Gasteiger partial charge is 0.495 e. The normalized spacial score (nSPS) is 17.7. The fourth-order valence-electron chi connectivity index (χ4n) is 2.88. The van der Waals surface area contributed by atoms with Gasteiger partial charge in [0.1, 0.15) is 5.82 Å². The van der Waals surface area contributed by atoms with Crippen LogP contribution in [-0.2, 0) is 15.5 Å². The van der Waals surface area contributed by atoms with E-state index >= 15 is 0 Å². The lowest BCUT2D eigenvalue weighted by Gasteiger charge is -2.32. The van der Waals surface area contributed by atoms with Crippen molar-refractivity contribution in [1.29, 1.82) is 0 Å². The van der Waals surface area contributed by atoms with Gasteiger partial charge in [0, 0.05) is 11.4 Å². The number of urea groups is 1. The Hall–Kier alpha value is -2.59. The van der Waals surface area contributed by atoms with Gasteiger partial charge in [0.15, 0.2) is 0 Å². The molecular formula is C20H21BF4N2O3. The summed E-state index contributed by atoms with van der Waals surface area (Å²) in [6, 6.07) is 7.57. The predicted octanol–water partition coefficient (Wildman–Crippen LogP) is 4.79.